The molecule has 0 aliphatic carbocycles. The first kappa shape index (κ1) is 15.0. The van der Waals surface area contributed by atoms with Crippen LogP contribution in [0.1, 0.15) is 17.2 Å². The smallest absolute Gasteiger partial charge is 0.149 e. The van der Waals surface area contributed by atoms with Crippen molar-refractivity contribution in [3.63, 3.8) is 0 Å². The van der Waals surface area contributed by atoms with Gasteiger partial charge in [-0.2, -0.15) is 0 Å². The second-order valence-corrected chi connectivity index (χ2v) is 5.79. The van der Waals surface area contributed by atoms with Crippen molar-refractivity contribution in [2.75, 3.05) is 0 Å². The van der Waals surface area contributed by atoms with Crippen LogP contribution in [0.15, 0.2) is 78.9 Å². The summed E-state index contributed by atoms with van der Waals surface area (Å²) >= 11 is 12.0. The molecule has 0 aliphatic rings. The fourth-order valence-corrected chi connectivity index (χ4v) is 2.49. The maximum absolute atomic E-state index is 6.18. The van der Waals surface area contributed by atoms with Gasteiger partial charge in [0, 0.05) is 10.0 Å². The SMILES string of the molecule is Clc1ccc(C(Oc2ccccc2)c2ccc(Cl)cc2)cc1. The van der Waals surface area contributed by atoms with Crippen LogP contribution in [0.3, 0.4) is 0 Å². The molecule has 110 valence electrons. The Morgan fingerprint density at radius 2 is 1.05 bits per heavy atom. The summed E-state index contributed by atoms with van der Waals surface area (Å²) in [7, 11) is 0. The van der Waals surface area contributed by atoms with Gasteiger partial charge in [0.05, 0.1) is 0 Å². The molecule has 1 nitrogen and oxygen atoms in total. The lowest BCUT2D eigenvalue weighted by molar-refractivity contribution is 0.247. The van der Waals surface area contributed by atoms with E-state index in [1.807, 2.05) is 78.9 Å². The molecule has 0 N–H and O–H groups in total. The average Bonchev–Trinajstić information content (AvgIpc) is 2.56. The largest absolute Gasteiger partial charge is 0.481 e. The molecule has 0 saturated heterocycles. The zero-order valence-electron chi connectivity index (χ0n) is 11.7. The average molecular weight is 329 g/mol. The standard InChI is InChI=1S/C19H14Cl2O/c20-16-10-6-14(7-11-16)19(15-8-12-17(21)13-9-15)22-18-4-2-1-3-5-18/h1-13,19H. The van der Waals surface area contributed by atoms with Crippen LogP contribution in [-0.4, -0.2) is 0 Å². The number of rotatable bonds is 4. The van der Waals surface area contributed by atoms with Gasteiger partial charge in [-0.05, 0) is 47.5 Å². The van der Waals surface area contributed by atoms with Crippen LogP contribution in [0.25, 0.3) is 0 Å². The summed E-state index contributed by atoms with van der Waals surface area (Å²) in [6, 6.07) is 25.1. The van der Waals surface area contributed by atoms with E-state index in [0.29, 0.717) is 10.0 Å². The monoisotopic (exact) mass is 328 g/mol. The minimum Gasteiger partial charge on any atom is -0.481 e. The molecule has 3 aromatic carbocycles. The van der Waals surface area contributed by atoms with E-state index < -0.39 is 0 Å². The molecule has 0 atom stereocenters. The molecule has 0 saturated carbocycles. The van der Waals surface area contributed by atoms with Gasteiger partial charge in [-0.3, -0.25) is 0 Å². The first-order valence-corrected chi connectivity index (χ1v) is 7.70. The lowest BCUT2D eigenvalue weighted by Crippen LogP contribution is -2.09. The van der Waals surface area contributed by atoms with Crippen molar-refractivity contribution >= 4 is 23.2 Å². The number of para-hydroxylation sites is 1. The molecule has 0 fully saturated rings. The number of benzene rings is 3. The van der Waals surface area contributed by atoms with Crippen molar-refractivity contribution in [3.05, 3.63) is 100 Å². The lowest BCUT2D eigenvalue weighted by Gasteiger charge is -2.20. The topological polar surface area (TPSA) is 9.23 Å². The second-order valence-electron chi connectivity index (χ2n) is 4.91. The molecule has 0 aliphatic heterocycles. The zero-order chi connectivity index (χ0) is 15.4. The second kappa shape index (κ2) is 6.87. The molecule has 0 spiro atoms. The van der Waals surface area contributed by atoms with Crippen LogP contribution in [0.2, 0.25) is 10.0 Å². The Morgan fingerprint density at radius 3 is 1.50 bits per heavy atom. The molecule has 0 heterocycles. The fourth-order valence-electron chi connectivity index (χ4n) is 2.24. The summed E-state index contributed by atoms with van der Waals surface area (Å²) in [5.41, 5.74) is 2.08. The Morgan fingerprint density at radius 1 is 0.591 bits per heavy atom. The van der Waals surface area contributed by atoms with Crippen LogP contribution in [0, 0.1) is 0 Å². The Labute approximate surface area is 140 Å². The number of ether oxygens (including phenoxy) is 1. The minimum atomic E-state index is -0.211. The molecule has 0 radical (unpaired) electrons. The van der Waals surface area contributed by atoms with Gasteiger partial charge in [0.2, 0.25) is 0 Å². The van der Waals surface area contributed by atoms with E-state index in [-0.39, 0.29) is 6.10 Å². The van der Waals surface area contributed by atoms with Crippen LogP contribution < -0.4 is 4.74 Å². The highest BCUT2D eigenvalue weighted by atomic mass is 35.5. The Kier molecular flexibility index (Phi) is 4.67. The third-order valence-corrected chi connectivity index (χ3v) is 3.85. The van der Waals surface area contributed by atoms with E-state index in [1.165, 1.54) is 0 Å². The van der Waals surface area contributed by atoms with Crippen molar-refractivity contribution in [1.82, 2.24) is 0 Å². The van der Waals surface area contributed by atoms with Gasteiger partial charge in [0.1, 0.15) is 11.9 Å². The Hall–Kier alpha value is -1.96. The lowest BCUT2D eigenvalue weighted by atomic mass is 10.0. The van der Waals surface area contributed by atoms with Crippen LogP contribution in [0.5, 0.6) is 5.75 Å². The molecule has 0 amide bonds. The van der Waals surface area contributed by atoms with E-state index in [9.17, 15) is 0 Å². The maximum atomic E-state index is 6.18. The van der Waals surface area contributed by atoms with Crippen LogP contribution in [0.4, 0.5) is 0 Å². The minimum absolute atomic E-state index is 0.211. The maximum Gasteiger partial charge on any atom is 0.149 e. The molecule has 0 unspecified atom stereocenters. The Balaban J connectivity index is 1.97. The van der Waals surface area contributed by atoms with Crippen molar-refractivity contribution < 1.29 is 4.74 Å². The van der Waals surface area contributed by atoms with E-state index in [2.05, 4.69) is 0 Å². The predicted molar refractivity (Wildman–Crippen MR) is 91.8 cm³/mol. The summed E-state index contributed by atoms with van der Waals surface area (Å²) in [6.07, 6.45) is -0.211. The summed E-state index contributed by atoms with van der Waals surface area (Å²) in [4.78, 5) is 0. The van der Waals surface area contributed by atoms with Gasteiger partial charge in [-0.15, -0.1) is 0 Å². The van der Waals surface area contributed by atoms with E-state index >= 15 is 0 Å². The van der Waals surface area contributed by atoms with Crippen molar-refractivity contribution in [3.8, 4) is 5.75 Å². The fraction of sp³-hybridized carbons (Fsp3) is 0.0526. The summed E-state index contributed by atoms with van der Waals surface area (Å²) in [5, 5.41) is 1.41. The summed E-state index contributed by atoms with van der Waals surface area (Å²) in [5.74, 6) is 0.817. The highest BCUT2D eigenvalue weighted by molar-refractivity contribution is 6.30. The van der Waals surface area contributed by atoms with E-state index in [1.54, 1.807) is 0 Å². The van der Waals surface area contributed by atoms with Crippen molar-refractivity contribution in [2.24, 2.45) is 0 Å². The van der Waals surface area contributed by atoms with Gasteiger partial charge >= 0.3 is 0 Å². The Bertz CT molecular complexity index is 676. The molecule has 3 aromatic rings. The normalized spacial score (nSPS) is 10.7. The van der Waals surface area contributed by atoms with Gasteiger partial charge in [-0.1, -0.05) is 65.7 Å². The van der Waals surface area contributed by atoms with Crippen molar-refractivity contribution in [1.29, 1.82) is 0 Å². The van der Waals surface area contributed by atoms with E-state index in [4.69, 9.17) is 27.9 Å². The first-order chi connectivity index (χ1) is 10.7. The number of hydrogen-bond acceptors (Lipinski definition) is 1. The van der Waals surface area contributed by atoms with Crippen molar-refractivity contribution in [2.45, 2.75) is 6.10 Å². The van der Waals surface area contributed by atoms with Crippen LogP contribution in [-0.2, 0) is 0 Å². The molecule has 0 aromatic heterocycles. The molecule has 3 rings (SSSR count). The molecule has 0 bridgehead atoms. The molecule has 22 heavy (non-hydrogen) atoms. The highest BCUT2D eigenvalue weighted by Crippen LogP contribution is 2.29. The third-order valence-electron chi connectivity index (χ3n) is 3.34. The van der Waals surface area contributed by atoms with E-state index in [0.717, 1.165) is 16.9 Å². The number of halogens is 2. The molecule has 3 heteroatoms. The molecular weight excluding hydrogens is 315 g/mol. The third kappa shape index (κ3) is 3.62. The van der Waals surface area contributed by atoms with Crippen LogP contribution >= 0.6 is 23.2 Å². The molecular formula is C19H14Cl2O. The quantitative estimate of drug-likeness (QED) is 0.557. The van der Waals surface area contributed by atoms with Gasteiger partial charge in [-0.25, -0.2) is 0 Å². The van der Waals surface area contributed by atoms with Gasteiger partial charge < -0.3 is 4.74 Å². The predicted octanol–water partition coefficient (Wildman–Crippen LogP) is 6.16. The summed E-state index contributed by atoms with van der Waals surface area (Å²) < 4.78 is 6.18. The van der Waals surface area contributed by atoms with Gasteiger partial charge in [0.25, 0.3) is 0 Å². The number of hydrogen-bond donors (Lipinski definition) is 0. The highest BCUT2D eigenvalue weighted by Gasteiger charge is 2.16. The first-order valence-electron chi connectivity index (χ1n) is 6.95. The summed E-state index contributed by atoms with van der Waals surface area (Å²) in [6.45, 7) is 0. The zero-order valence-corrected chi connectivity index (χ0v) is 13.3. The van der Waals surface area contributed by atoms with Gasteiger partial charge in [0.15, 0.2) is 0 Å².